The molecule has 1 aliphatic rings. The molecule has 0 amide bonds. The highest BCUT2D eigenvalue weighted by Gasteiger charge is 2.19. The van der Waals surface area contributed by atoms with Crippen LogP contribution in [0.15, 0.2) is 18.2 Å². The summed E-state index contributed by atoms with van der Waals surface area (Å²) in [7, 11) is 0. The minimum Gasteiger partial charge on any atom is -0.0588 e. The van der Waals surface area contributed by atoms with Crippen LogP contribution in [0, 0.1) is 12.8 Å². The summed E-state index contributed by atoms with van der Waals surface area (Å²) >= 11 is 0. The van der Waals surface area contributed by atoms with Crippen molar-refractivity contribution >= 4 is 0 Å². The quantitative estimate of drug-likeness (QED) is 0.669. The van der Waals surface area contributed by atoms with Crippen molar-refractivity contribution in [1.29, 1.82) is 0 Å². The van der Waals surface area contributed by atoms with E-state index in [1.54, 1.807) is 5.56 Å². The van der Waals surface area contributed by atoms with Crippen LogP contribution in [0.2, 0.25) is 0 Å². The Kier molecular flexibility index (Phi) is 3.61. The van der Waals surface area contributed by atoms with Gasteiger partial charge in [0, 0.05) is 0 Å². The van der Waals surface area contributed by atoms with E-state index in [4.69, 9.17) is 0 Å². The molecule has 1 aromatic carbocycles. The van der Waals surface area contributed by atoms with Gasteiger partial charge in [0.05, 0.1) is 0 Å². The Hall–Kier alpha value is -0.780. The van der Waals surface area contributed by atoms with Crippen LogP contribution >= 0.6 is 0 Å². The maximum Gasteiger partial charge on any atom is -0.0129 e. The highest BCUT2D eigenvalue weighted by atomic mass is 14.2. The number of rotatable bonds is 2. The van der Waals surface area contributed by atoms with Crippen LogP contribution in [-0.2, 0) is 11.8 Å². The molecule has 0 heteroatoms. The predicted molar refractivity (Wildman–Crippen MR) is 75.5 cm³/mol. The lowest BCUT2D eigenvalue weighted by molar-refractivity contribution is 0.542. The minimum atomic E-state index is 0.274. The highest BCUT2D eigenvalue weighted by molar-refractivity contribution is 5.36. The molecule has 94 valence electrons. The summed E-state index contributed by atoms with van der Waals surface area (Å²) in [5.41, 5.74) is 4.78. The van der Waals surface area contributed by atoms with Crippen LogP contribution in [0.3, 0.4) is 0 Å². The molecule has 0 heterocycles. The van der Waals surface area contributed by atoms with Gasteiger partial charge in [0.2, 0.25) is 0 Å². The maximum atomic E-state index is 2.45. The van der Waals surface area contributed by atoms with Crippen molar-refractivity contribution in [3.63, 3.8) is 0 Å². The second-order valence-electron chi connectivity index (χ2n) is 6.75. The van der Waals surface area contributed by atoms with Crippen LogP contribution in [0.25, 0.3) is 0 Å². The first kappa shape index (κ1) is 12.7. The molecule has 0 spiro atoms. The van der Waals surface area contributed by atoms with E-state index in [0.29, 0.717) is 0 Å². The van der Waals surface area contributed by atoms with Gasteiger partial charge in [0.1, 0.15) is 0 Å². The molecule has 2 rings (SSSR count). The molecule has 0 N–H and O–H groups in total. The van der Waals surface area contributed by atoms with Crippen LogP contribution in [0.4, 0.5) is 0 Å². The van der Waals surface area contributed by atoms with Gasteiger partial charge in [0.15, 0.2) is 0 Å². The summed E-state index contributed by atoms with van der Waals surface area (Å²) in [6.07, 6.45) is 7.08. The SMILES string of the molecule is Cc1ccc(CC2CCCC2)cc1C(C)(C)C. The van der Waals surface area contributed by atoms with E-state index in [1.165, 1.54) is 43.2 Å². The number of hydrogen-bond acceptors (Lipinski definition) is 0. The zero-order valence-corrected chi connectivity index (χ0v) is 11.8. The van der Waals surface area contributed by atoms with Crippen molar-refractivity contribution in [1.82, 2.24) is 0 Å². The Morgan fingerprint density at radius 1 is 1.12 bits per heavy atom. The van der Waals surface area contributed by atoms with E-state index in [9.17, 15) is 0 Å². The Morgan fingerprint density at radius 2 is 1.76 bits per heavy atom. The first-order valence-corrected chi connectivity index (χ1v) is 7.07. The zero-order valence-electron chi connectivity index (χ0n) is 11.8. The van der Waals surface area contributed by atoms with E-state index in [-0.39, 0.29) is 5.41 Å². The summed E-state index contributed by atoms with van der Waals surface area (Å²) in [6, 6.07) is 7.10. The molecule has 0 radical (unpaired) electrons. The van der Waals surface area contributed by atoms with Crippen molar-refractivity contribution in [2.75, 3.05) is 0 Å². The first-order valence-electron chi connectivity index (χ1n) is 7.07. The molecule has 0 atom stereocenters. The van der Waals surface area contributed by atoms with Gasteiger partial charge >= 0.3 is 0 Å². The lowest BCUT2D eigenvalue weighted by Gasteiger charge is -2.23. The van der Waals surface area contributed by atoms with Crippen LogP contribution < -0.4 is 0 Å². The van der Waals surface area contributed by atoms with Crippen molar-refractivity contribution in [2.24, 2.45) is 5.92 Å². The van der Waals surface area contributed by atoms with Crippen molar-refractivity contribution in [3.8, 4) is 0 Å². The molecule has 1 aliphatic carbocycles. The van der Waals surface area contributed by atoms with Gasteiger partial charge in [-0.2, -0.15) is 0 Å². The third-order valence-electron chi connectivity index (χ3n) is 4.11. The highest BCUT2D eigenvalue weighted by Crippen LogP contribution is 2.31. The number of benzene rings is 1. The van der Waals surface area contributed by atoms with E-state index >= 15 is 0 Å². The van der Waals surface area contributed by atoms with Crippen molar-refractivity contribution in [2.45, 2.75) is 65.2 Å². The van der Waals surface area contributed by atoms with Crippen LogP contribution in [0.1, 0.15) is 63.1 Å². The summed E-state index contributed by atoms with van der Waals surface area (Å²) < 4.78 is 0. The minimum absolute atomic E-state index is 0.274. The van der Waals surface area contributed by atoms with E-state index < -0.39 is 0 Å². The van der Waals surface area contributed by atoms with Crippen LogP contribution in [0.5, 0.6) is 0 Å². The van der Waals surface area contributed by atoms with Gasteiger partial charge in [-0.1, -0.05) is 64.7 Å². The molecule has 0 saturated heterocycles. The van der Waals surface area contributed by atoms with Gasteiger partial charge in [-0.15, -0.1) is 0 Å². The molecule has 1 fully saturated rings. The molecule has 0 unspecified atom stereocenters. The standard InChI is InChI=1S/C17H26/c1-13-9-10-15(11-14-7-5-6-8-14)12-16(13)17(2,3)4/h9-10,12,14H,5-8,11H2,1-4H3. The smallest absolute Gasteiger partial charge is 0.0129 e. The molecular formula is C17H26. The van der Waals surface area contributed by atoms with Gasteiger partial charge in [-0.05, 0) is 41.4 Å². The van der Waals surface area contributed by atoms with Gasteiger partial charge in [0.25, 0.3) is 0 Å². The summed E-state index contributed by atoms with van der Waals surface area (Å²) in [4.78, 5) is 0. The molecule has 1 saturated carbocycles. The molecule has 1 aromatic rings. The van der Waals surface area contributed by atoms with Gasteiger partial charge < -0.3 is 0 Å². The lowest BCUT2D eigenvalue weighted by Crippen LogP contribution is -2.14. The first-order chi connectivity index (χ1) is 7.97. The topological polar surface area (TPSA) is 0 Å². The molecular weight excluding hydrogens is 204 g/mol. The monoisotopic (exact) mass is 230 g/mol. The van der Waals surface area contributed by atoms with Crippen LogP contribution in [-0.4, -0.2) is 0 Å². The summed E-state index contributed by atoms with van der Waals surface area (Å²) in [5, 5.41) is 0. The van der Waals surface area contributed by atoms with Gasteiger partial charge in [-0.25, -0.2) is 0 Å². The Labute approximate surface area is 106 Å². The molecule has 17 heavy (non-hydrogen) atoms. The lowest BCUT2D eigenvalue weighted by atomic mass is 9.82. The Balaban J connectivity index is 2.18. The third-order valence-corrected chi connectivity index (χ3v) is 4.11. The second-order valence-corrected chi connectivity index (χ2v) is 6.75. The second kappa shape index (κ2) is 4.84. The number of aryl methyl sites for hydroxylation is 1. The molecule has 0 aliphatic heterocycles. The predicted octanol–water partition coefficient (Wildman–Crippen LogP) is 5.03. The van der Waals surface area contributed by atoms with Gasteiger partial charge in [-0.3, -0.25) is 0 Å². The fourth-order valence-corrected chi connectivity index (χ4v) is 3.15. The van der Waals surface area contributed by atoms with Crippen molar-refractivity contribution < 1.29 is 0 Å². The summed E-state index contributed by atoms with van der Waals surface area (Å²) in [6.45, 7) is 9.18. The Bertz CT molecular complexity index is 376. The molecule has 0 aromatic heterocycles. The van der Waals surface area contributed by atoms with E-state index in [0.717, 1.165) is 5.92 Å². The third kappa shape index (κ3) is 3.12. The Morgan fingerprint density at radius 3 is 2.35 bits per heavy atom. The summed E-state index contributed by atoms with van der Waals surface area (Å²) in [5.74, 6) is 0.950. The average Bonchev–Trinajstić information content (AvgIpc) is 2.72. The fourth-order valence-electron chi connectivity index (χ4n) is 3.15. The normalized spacial score (nSPS) is 17.6. The van der Waals surface area contributed by atoms with Crippen molar-refractivity contribution in [3.05, 3.63) is 34.9 Å². The van der Waals surface area contributed by atoms with E-state index in [2.05, 4.69) is 45.9 Å². The average molecular weight is 230 g/mol. The maximum absolute atomic E-state index is 2.45. The zero-order chi connectivity index (χ0) is 12.5. The number of hydrogen-bond donors (Lipinski definition) is 0. The largest absolute Gasteiger partial charge is 0.0588 e. The molecule has 0 nitrogen and oxygen atoms in total. The molecule has 0 bridgehead atoms. The fraction of sp³-hybridized carbons (Fsp3) is 0.647. The van der Waals surface area contributed by atoms with E-state index in [1.807, 2.05) is 0 Å².